The summed E-state index contributed by atoms with van der Waals surface area (Å²) in [7, 11) is 0. The van der Waals surface area contributed by atoms with Crippen molar-refractivity contribution in [2.45, 2.75) is 23.8 Å². The van der Waals surface area contributed by atoms with Crippen LogP contribution in [0.5, 0.6) is 0 Å². The fourth-order valence-corrected chi connectivity index (χ4v) is 3.07. The molecule has 3 N–H and O–H groups in total. The van der Waals surface area contributed by atoms with Crippen LogP contribution in [-0.4, -0.2) is 21.0 Å². The molecule has 0 saturated heterocycles. The third-order valence-corrected chi connectivity index (χ3v) is 4.83. The van der Waals surface area contributed by atoms with Crippen LogP contribution in [0.25, 0.3) is 0 Å². The van der Waals surface area contributed by atoms with Gasteiger partial charge in [0.25, 0.3) is 5.91 Å². The Kier molecular flexibility index (Phi) is 7.60. The molecule has 144 valence electrons. The van der Waals surface area contributed by atoms with Crippen LogP contribution < -0.4 is 16.0 Å². The number of aryl methyl sites for hydroxylation is 2. The molecule has 0 fully saturated rings. The lowest BCUT2D eigenvalue weighted by Crippen LogP contribution is -2.56. The van der Waals surface area contributed by atoms with E-state index in [0.717, 1.165) is 16.8 Å². The maximum Gasteiger partial charge on any atom is 0.254 e. The summed E-state index contributed by atoms with van der Waals surface area (Å²) in [4.78, 5) is 12.5. The van der Waals surface area contributed by atoms with Crippen LogP contribution in [0.3, 0.4) is 0 Å². The largest absolute Gasteiger partial charge is 0.339 e. The molecule has 0 aliphatic heterocycles. The topological polar surface area (TPSA) is 53.2 Å². The summed E-state index contributed by atoms with van der Waals surface area (Å²) in [5.41, 5.74) is 3.19. The fourth-order valence-electron chi connectivity index (χ4n) is 2.30. The zero-order valence-electron chi connectivity index (χ0n) is 14.4. The molecule has 4 nitrogen and oxygen atoms in total. The number of nitrogens with one attached hydrogen (secondary N) is 3. The minimum atomic E-state index is -1.86. The molecule has 1 amide bonds. The highest BCUT2D eigenvalue weighted by atomic mass is 35.6. The van der Waals surface area contributed by atoms with Crippen LogP contribution >= 0.6 is 58.6 Å². The van der Waals surface area contributed by atoms with Crippen molar-refractivity contribution in [3.05, 3.63) is 64.2 Å². The van der Waals surface area contributed by atoms with Gasteiger partial charge in [0.15, 0.2) is 5.11 Å². The fraction of sp³-hybridized carbons (Fsp3) is 0.222. The number of amides is 1. The van der Waals surface area contributed by atoms with Gasteiger partial charge < -0.3 is 16.0 Å². The highest BCUT2D eigenvalue weighted by molar-refractivity contribution is 7.80. The maximum atomic E-state index is 12.5. The first-order valence-corrected chi connectivity index (χ1v) is 9.77. The van der Waals surface area contributed by atoms with Crippen LogP contribution in [0.2, 0.25) is 5.02 Å². The number of alkyl halides is 3. The molecule has 0 radical (unpaired) electrons. The number of rotatable bonds is 4. The number of carbonyl (C=O) groups is 1. The Hall–Kier alpha value is -1.24. The summed E-state index contributed by atoms with van der Waals surface area (Å²) in [5, 5.41) is 8.92. The molecule has 0 aliphatic carbocycles. The van der Waals surface area contributed by atoms with E-state index < -0.39 is 15.9 Å². The summed E-state index contributed by atoms with van der Waals surface area (Å²) < 4.78 is -1.86. The molecule has 27 heavy (non-hydrogen) atoms. The predicted octanol–water partition coefficient (Wildman–Crippen LogP) is 5.37. The van der Waals surface area contributed by atoms with Crippen molar-refractivity contribution in [1.29, 1.82) is 0 Å². The molecular formula is C18H17Cl4N3OS. The van der Waals surface area contributed by atoms with E-state index >= 15 is 0 Å². The van der Waals surface area contributed by atoms with Gasteiger partial charge in [-0.2, -0.15) is 0 Å². The number of thiocarbonyl (C=S) groups is 1. The van der Waals surface area contributed by atoms with Gasteiger partial charge in [-0.15, -0.1) is 0 Å². The molecule has 1 unspecified atom stereocenters. The number of halogens is 4. The Morgan fingerprint density at radius 3 is 2.33 bits per heavy atom. The van der Waals surface area contributed by atoms with E-state index in [1.54, 1.807) is 24.3 Å². The van der Waals surface area contributed by atoms with Gasteiger partial charge in [0.05, 0.1) is 10.6 Å². The zero-order chi connectivity index (χ0) is 20.2. The van der Waals surface area contributed by atoms with Crippen molar-refractivity contribution in [3.8, 4) is 0 Å². The van der Waals surface area contributed by atoms with E-state index in [1.165, 1.54) is 0 Å². The van der Waals surface area contributed by atoms with Crippen LogP contribution in [0, 0.1) is 13.8 Å². The SMILES string of the molecule is Cc1ccc(NC(=S)NC(NC(=O)c2ccccc2Cl)C(Cl)(Cl)Cl)c(C)c1. The Labute approximate surface area is 183 Å². The third-order valence-electron chi connectivity index (χ3n) is 3.63. The lowest BCUT2D eigenvalue weighted by molar-refractivity contribution is 0.0934. The molecule has 0 spiro atoms. The Bertz CT molecular complexity index is 855. The maximum absolute atomic E-state index is 12.5. The quantitative estimate of drug-likeness (QED) is 0.323. The highest BCUT2D eigenvalue weighted by Crippen LogP contribution is 2.29. The van der Waals surface area contributed by atoms with Crippen molar-refractivity contribution in [3.63, 3.8) is 0 Å². The minimum Gasteiger partial charge on any atom is -0.339 e. The Morgan fingerprint density at radius 2 is 1.74 bits per heavy atom. The predicted molar refractivity (Wildman–Crippen MR) is 118 cm³/mol. The van der Waals surface area contributed by atoms with Gasteiger partial charge in [-0.05, 0) is 49.8 Å². The van der Waals surface area contributed by atoms with Gasteiger partial charge in [0.1, 0.15) is 6.17 Å². The summed E-state index contributed by atoms with van der Waals surface area (Å²) in [6.45, 7) is 3.94. The summed E-state index contributed by atoms with van der Waals surface area (Å²) in [5.74, 6) is -0.501. The summed E-state index contributed by atoms with van der Waals surface area (Å²) in [6, 6.07) is 12.4. The monoisotopic (exact) mass is 463 g/mol. The molecule has 0 saturated carbocycles. The lowest BCUT2D eigenvalue weighted by atomic mass is 10.1. The first-order chi connectivity index (χ1) is 12.6. The molecule has 2 rings (SSSR count). The van der Waals surface area contributed by atoms with E-state index in [9.17, 15) is 4.79 Å². The molecule has 2 aromatic carbocycles. The standard InChI is InChI=1S/C18H17Cl4N3OS/c1-10-7-8-14(11(2)9-10)23-17(27)25-16(18(20,21)22)24-15(26)12-5-3-4-6-13(12)19/h3-9,16H,1-2H3,(H,24,26)(H2,23,25,27). The van der Waals surface area contributed by atoms with Crippen LogP contribution in [0.4, 0.5) is 5.69 Å². The van der Waals surface area contributed by atoms with Crippen molar-refractivity contribution < 1.29 is 4.79 Å². The summed E-state index contributed by atoms with van der Waals surface area (Å²) >= 11 is 29.3. The van der Waals surface area contributed by atoms with E-state index in [1.807, 2.05) is 32.0 Å². The highest BCUT2D eigenvalue weighted by Gasteiger charge is 2.35. The number of benzene rings is 2. The first-order valence-electron chi connectivity index (χ1n) is 7.85. The van der Waals surface area contributed by atoms with Gasteiger partial charge >= 0.3 is 0 Å². The molecule has 0 heterocycles. The van der Waals surface area contributed by atoms with Crippen molar-refractivity contribution in [2.75, 3.05) is 5.32 Å². The van der Waals surface area contributed by atoms with Crippen molar-refractivity contribution in [1.82, 2.24) is 10.6 Å². The molecule has 0 bridgehead atoms. The molecular weight excluding hydrogens is 448 g/mol. The summed E-state index contributed by atoms with van der Waals surface area (Å²) in [6.07, 6.45) is -1.09. The second-order valence-corrected chi connectivity index (χ2v) is 9.03. The first kappa shape index (κ1) is 22.1. The number of carbonyl (C=O) groups excluding carboxylic acids is 1. The molecule has 9 heteroatoms. The Balaban J connectivity index is 2.11. The van der Waals surface area contributed by atoms with Gasteiger partial charge in [-0.1, -0.05) is 76.2 Å². The second kappa shape index (κ2) is 9.30. The lowest BCUT2D eigenvalue weighted by Gasteiger charge is -2.28. The number of hydrogen-bond acceptors (Lipinski definition) is 2. The molecule has 0 aromatic heterocycles. The minimum absolute atomic E-state index is 0.192. The smallest absolute Gasteiger partial charge is 0.254 e. The second-order valence-electron chi connectivity index (χ2n) is 5.84. The van der Waals surface area contributed by atoms with E-state index in [0.29, 0.717) is 0 Å². The number of anilines is 1. The zero-order valence-corrected chi connectivity index (χ0v) is 18.3. The average Bonchev–Trinajstić information content (AvgIpc) is 2.56. The molecule has 0 aliphatic rings. The van der Waals surface area contributed by atoms with Crippen LogP contribution in [-0.2, 0) is 0 Å². The van der Waals surface area contributed by atoms with Crippen molar-refractivity contribution in [2.24, 2.45) is 0 Å². The third kappa shape index (κ3) is 6.40. The van der Waals surface area contributed by atoms with Crippen LogP contribution in [0.1, 0.15) is 21.5 Å². The van der Waals surface area contributed by atoms with Gasteiger partial charge in [-0.25, -0.2) is 0 Å². The van der Waals surface area contributed by atoms with Crippen LogP contribution in [0.15, 0.2) is 42.5 Å². The molecule has 1 atom stereocenters. The normalized spacial score (nSPS) is 12.2. The van der Waals surface area contributed by atoms with E-state index in [2.05, 4.69) is 16.0 Å². The molecule has 2 aromatic rings. The van der Waals surface area contributed by atoms with Gasteiger partial charge in [-0.3, -0.25) is 4.79 Å². The van der Waals surface area contributed by atoms with E-state index in [-0.39, 0.29) is 15.7 Å². The number of hydrogen-bond donors (Lipinski definition) is 3. The van der Waals surface area contributed by atoms with Gasteiger partial charge in [0.2, 0.25) is 3.79 Å². The van der Waals surface area contributed by atoms with Gasteiger partial charge in [0, 0.05) is 5.69 Å². The van der Waals surface area contributed by atoms with Crippen molar-refractivity contribution >= 4 is 75.3 Å². The van der Waals surface area contributed by atoms with E-state index in [4.69, 9.17) is 58.6 Å². The Morgan fingerprint density at radius 1 is 1.07 bits per heavy atom. The average molecular weight is 465 g/mol.